The Labute approximate surface area is 216 Å². The molecular formula is C26H15BrINO5. The number of carbonyl (C=O) groups excluding carboxylic acids is 4. The Morgan fingerprint density at radius 3 is 2.09 bits per heavy atom. The number of carbonyl (C=O) groups is 4. The normalized spacial score (nSPS) is 24.8. The first-order valence-electron chi connectivity index (χ1n) is 10.6. The zero-order valence-electron chi connectivity index (χ0n) is 17.4. The molecule has 2 fully saturated rings. The Morgan fingerprint density at radius 2 is 1.47 bits per heavy atom. The van der Waals surface area contributed by atoms with Gasteiger partial charge in [0.1, 0.15) is 0 Å². The monoisotopic (exact) mass is 627 g/mol. The Bertz CT molecular complexity index is 1380. The molecule has 2 amide bonds. The highest BCUT2D eigenvalue weighted by molar-refractivity contribution is 14.1. The van der Waals surface area contributed by atoms with Gasteiger partial charge in [0, 0.05) is 19.2 Å². The molecule has 1 aliphatic carbocycles. The number of Topliss-reactive ketones (excluding diaryl/α,β-unsaturated/α-hetero) is 2. The lowest BCUT2D eigenvalue weighted by molar-refractivity contribution is -0.127. The van der Waals surface area contributed by atoms with Crippen molar-refractivity contribution < 1.29 is 23.9 Å². The van der Waals surface area contributed by atoms with Gasteiger partial charge in [-0.05, 0) is 64.6 Å². The molecule has 3 aromatic carbocycles. The largest absolute Gasteiger partial charge is 0.349 e. The quantitative estimate of drug-likeness (QED) is 0.233. The van der Waals surface area contributed by atoms with Gasteiger partial charge in [-0.25, -0.2) is 4.90 Å². The zero-order valence-corrected chi connectivity index (χ0v) is 21.1. The molecule has 0 unspecified atom stereocenters. The van der Waals surface area contributed by atoms with Crippen molar-refractivity contribution in [2.75, 3.05) is 4.90 Å². The third kappa shape index (κ3) is 2.82. The fourth-order valence-electron chi connectivity index (χ4n) is 5.35. The number of anilines is 1. The van der Waals surface area contributed by atoms with Crippen LogP contribution in [0.15, 0.2) is 77.3 Å². The van der Waals surface area contributed by atoms with E-state index in [1.165, 1.54) is 0 Å². The molecule has 2 saturated heterocycles. The first-order chi connectivity index (χ1) is 16.3. The van der Waals surface area contributed by atoms with Crippen molar-refractivity contribution in [3.8, 4) is 0 Å². The molecule has 34 heavy (non-hydrogen) atoms. The highest BCUT2D eigenvalue weighted by atomic mass is 127. The fraction of sp³-hybridized carbons (Fsp3) is 0.154. The second-order valence-electron chi connectivity index (χ2n) is 8.52. The van der Waals surface area contributed by atoms with Crippen LogP contribution in [0.5, 0.6) is 0 Å². The minimum Gasteiger partial charge on any atom is -0.349 e. The zero-order chi connectivity index (χ0) is 23.8. The molecule has 8 heteroatoms. The summed E-state index contributed by atoms with van der Waals surface area (Å²) in [6, 6.07) is 20.6. The predicted octanol–water partition coefficient (Wildman–Crippen LogP) is 4.75. The third-order valence-corrected chi connectivity index (χ3v) is 7.98. The van der Waals surface area contributed by atoms with E-state index in [0.29, 0.717) is 11.3 Å². The summed E-state index contributed by atoms with van der Waals surface area (Å²) in [6.45, 7) is 0. The van der Waals surface area contributed by atoms with E-state index in [-0.39, 0.29) is 11.1 Å². The Morgan fingerprint density at radius 1 is 0.824 bits per heavy atom. The van der Waals surface area contributed by atoms with Crippen molar-refractivity contribution in [1.82, 2.24) is 0 Å². The molecule has 168 valence electrons. The van der Waals surface area contributed by atoms with Crippen LogP contribution in [-0.2, 0) is 14.3 Å². The smallest absolute Gasteiger partial charge is 0.241 e. The highest BCUT2D eigenvalue weighted by Gasteiger charge is 2.74. The first kappa shape index (κ1) is 21.8. The van der Waals surface area contributed by atoms with Crippen LogP contribution in [0.25, 0.3) is 0 Å². The number of benzene rings is 3. The van der Waals surface area contributed by atoms with Crippen LogP contribution in [0.2, 0.25) is 0 Å². The van der Waals surface area contributed by atoms with Crippen molar-refractivity contribution in [3.63, 3.8) is 0 Å². The van der Waals surface area contributed by atoms with E-state index in [4.69, 9.17) is 4.74 Å². The van der Waals surface area contributed by atoms with Gasteiger partial charge in [-0.2, -0.15) is 0 Å². The summed E-state index contributed by atoms with van der Waals surface area (Å²) in [5, 5.41) is 0. The lowest BCUT2D eigenvalue weighted by Crippen LogP contribution is -2.51. The topological polar surface area (TPSA) is 80.8 Å². The number of imide groups is 1. The summed E-state index contributed by atoms with van der Waals surface area (Å²) in [6.07, 6.45) is -0.918. The molecule has 1 spiro atoms. The standard InChI is InChI=1S/C26H15BrINO5/c27-14-8-10-16(11-9-14)29-24(32)19-20(25(29)33)26(34-21(19)13-4-3-5-15(28)12-13)22(30)17-6-1-2-7-18(17)23(26)31/h1-12,19-21H/t19-,20-,21+/m1/s1. The molecular weight excluding hydrogens is 613 g/mol. The summed E-state index contributed by atoms with van der Waals surface area (Å²) in [5.74, 6) is -4.45. The van der Waals surface area contributed by atoms with Gasteiger partial charge in [-0.15, -0.1) is 0 Å². The van der Waals surface area contributed by atoms with Crippen molar-refractivity contribution in [2.24, 2.45) is 11.8 Å². The number of nitrogens with zero attached hydrogens (tertiary/aromatic N) is 1. The van der Waals surface area contributed by atoms with Gasteiger partial charge in [0.25, 0.3) is 0 Å². The second kappa shape index (κ2) is 7.66. The molecule has 2 heterocycles. The van der Waals surface area contributed by atoms with Crippen molar-refractivity contribution in [1.29, 1.82) is 0 Å². The van der Waals surface area contributed by atoms with Gasteiger partial charge in [-0.1, -0.05) is 52.3 Å². The van der Waals surface area contributed by atoms with Crippen LogP contribution >= 0.6 is 38.5 Å². The summed E-state index contributed by atoms with van der Waals surface area (Å²) < 4.78 is 7.99. The highest BCUT2D eigenvalue weighted by Crippen LogP contribution is 2.57. The predicted molar refractivity (Wildman–Crippen MR) is 134 cm³/mol. The average Bonchev–Trinajstić information content (AvgIpc) is 3.40. The number of amides is 2. The molecule has 0 bridgehead atoms. The van der Waals surface area contributed by atoms with Gasteiger partial charge in [0.2, 0.25) is 29.0 Å². The molecule has 0 saturated carbocycles. The van der Waals surface area contributed by atoms with Gasteiger partial charge in [0.15, 0.2) is 0 Å². The Balaban J connectivity index is 1.55. The number of ether oxygens (including phenoxy) is 1. The maximum Gasteiger partial charge on any atom is 0.241 e. The van der Waals surface area contributed by atoms with Crippen LogP contribution in [0.3, 0.4) is 0 Å². The van der Waals surface area contributed by atoms with Crippen LogP contribution in [0, 0.1) is 15.4 Å². The number of halogens is 2. The van der Waals surface area contributed by atoms with E-state index in [1.807, 2.05) is 18.2 Å². The van der Waals surface area contributed by atoms with E-state index >= 15 is 0 Å². The van der Waals surface area contributed by atoms with Gasteiger partial charge >= 0.3 is 0 Å². The van der Waals surface area contributed by atoms with Gasteiger partial charge in [-0.3, -0.25) is 19.2 Å². The van der Waals surface area contributed by atoms with Crippen molar-refractivity contribution >= 4 is 67.6 Å². The van der Waals surface area contributed by atoms with Crippen molar-refractivity contribution in [2.45, 2.75) is 11.7 Å². The van der Waals surface area contributed by atoms with Crippen molar-refractivity contribution in [3.05, 3.63) is 97.5 Å². The molecule has 6 rings (SSSR count). The molecule has 6 nitrogen and oxygen atoms in total. The van der Waals surface area contributed by atoms with Crippen LogP contribution < -0.4 is 4.90 Å². The Kier molecular flexibility index (Phi) is 4.91. The third-order valence-electron chi connectivity index (χ3n) is 6.78. The molecule has 3 aliphatic rings. The Hall–Kier alpha value is -2.69. The van der Waals surface area contributed by atoms with Crippen LogP contribution in [-0.4, -0.2) is 29.0 Å². The van der Waals surface area contributed by atoms with Crippen LogP contribution in [0.1, 0.15) is 32.4 Å². The number of rotatable bonds is 2. The summed E-state index contributed by atoms with van der Waals surface area (Å²) in [5.41, 5.74) is -0.584. The summed E-state index contributed by atoms with van der Waals surface area (Å²) >= 11 is 5.51. The maximum absolute atomic E-state index is 13.8. The maximum atomic E-state index is 13.8. The number of hydrogen-bond donors (Lipinski definition) is 0. The van der Waals surface area contributed by atoms with E-state index in [0.717, 1.165) is 12.9 Å². The molecule has 0 N–H and O–H groups in total. The van der Waals surface area contributed by atoms with E-state index in [1.54, 1.807) is 54.6 Å². The van der Waals surface area contributed by atoms with E-state index in [2.05, 4.69) is 38.5 Å². The first-order valence-corrected chi connectivity index (χ1v) is 12.5. The van der Waals surface area contributed by atoms with Gasteiger partial charge < -0.3 is 4.74 Å². The van der Waals surface area contributed by atoms with E-state index in [9.17, 15) is 19.2 Å². The SMILES string of the molecule is O=C1[C@H]2[C@H](c3cccc(I)c3)OC3(C(=O)c4ccccc4C3=O)[C@H]2C(=O)N1c1ccc(Br)cc1. The average molecular weight is 628 g/mol. The summed E-state index contributed by atoms with van der Waals surface area (Å²) in [7, 11) is 0. The molecule has 3 atom stereocenters. The molecule has 0 aromatic heterocycles. The lowest BCUT2D eigenvalue weighted by atomic mass is 9.77. The van der Waals surface area contributed by atoms with Crippen LogP contribution in [0.4, 0.5) is 5.69 Å². The minimum absolute atomic E-state index is 0.219. The molecule has 3 aromatic rings. The second-order valence-corrected chi connectivity index (χ2v) is 10.7. The minimum atomic E-state index is -2.06. The number of hydrogen-bond acceptors (Lipinski definition) is 5. The number of fused-ring (bicyclic) bond motifs is 3. The molecule has 2 aliphatic heterocycles. The molecule has 0 radical (unpaired) electrons. The van der Waals surface area contributed by atoms with Gasteiger partial charge in [0.05, 0.1) is 23.6 Å². The lowest BCUT2D eigenvalue weighted by Gasteiger charge is -2.27. The number of ketones is 2. The fourth-order valence-corrected chi connectivity index (χ4v) is 6.18. The summed E-state index contributed by atoms with van der Waals surface area (Å²) in [4.78, 5) is 56.1. The van der Waals surface area contributed by atoms with E-state index < -0.39 is 46.9 Å².